The largest absolute Gasteiger partial charge is 0.394 e. The van der Waals surface area contributed by atoms with Crippen molar-refractivity contribution in [3.8, 4) is 0 Å². The van der Waals surface area contributed by atoms with E-state index in [-0.39, 0.29) is 36.8 Å². The summed E-state index contributed by atoms with van der Waals surface area (Å²) in [5, 5.41) is 10.2. The molecule has 3 saturated heterocycles. The maximum Gasteiger partial charge on any atom is 0.253 e. The fraction of sp³-hybridized carbons (Fsp3) is 0.594. The van der Waals surface area contributed by atoms with Crippen LogP contribution in [-0.4, -0.2) is 95.7 Å². The Kier molecular flexibility index (Phi) is 8.71. The van der Waals surface area contributed by atoms with Crippen molar-refractivity contribution in [2.75, 3.05) is 49.6 Å². The minimum absolute atomic E-state index is 0.0708. The van der Waals surface area contributed by atoms with E-state index in [1.54, 1.807) is 35.9 Å². The predicted molar refractivity (Wildman–Crippen MR) is 161 cm³/mol. The molecule has 3 unspecified atom stereocenters. The molecule has 1 spiro atoms. The lowest BCUT2D eigenvalue weighted by Gasteiger charge is -2.39. The van der Waals surface area contributed by atoms with Gasteiger partial charge in [-0.3, -0.25) is 14.4 Å². The number of nitrogens with zero attached hydrogens (tertiary/aromatic N) is 4. The molecule has 0 aliphatic carbocycles. The molecule has 3 aliphatic heterocycles. The molecule has 9 nitrogen and oxygen atoms in total. The summed E-state index contributed by atoms with van der Waals surface area (Å²) in [6, 6.07) is 6.16. The van der Waals surface area contributed by atoms with E-state index in [1.807, 2.05) is 38.1 Å². The second kappa shape index (κ2) is 11.6. The highest BCUT2D eigenvalue weighted by Gasteiger charge is 2.80. The Morgan fingerprint density at radius 2 is 1.71 bits per heavy atom. The molecular formula is C32H46N4O5. The van der Waals surface area contributed by atoms with E-state index in [4.69, 9.17) is 4.74 Å². The van der Waals surface area contributed by atoms with E-state index in [2.05, 4.69) is 31.9 Å². The number of benzene rings is 1. The Bertz CT molecular complexity index is 1180. The van der Waals surface area contributed by atoms with E-state index in [9.17, 15) is 19.5 Å². The summed E-state index contributed by atoms with van der Waals surface area (Å²) in [6.45, 7) is 19.5. The normalized spacial score (nSPS) is 30.6. The van der Waals surface area contributed by atoms with Crippen molar-refractivity contribution in [1.29, 1.82) is 0 Å². The third-order valence-corrected chi connectivity index (χ3v) is 9.64. The van der Waals surface area contributed by atoms with E-state index >= 15 is 0 Å². The van der Waals surface area contributed by atoms with Gasteiger partial charge in [-0.2, -0.15) is 0 Å². The number of ether oxygens (including phenoxy) is 1. The number of aliphatic hydroxyl groups is 1. The maximum absolute atomic E-state index is 14.7. The first-order valence-electron chi connectivity index (χ1n) is 14.7. The van der Waals surface area contributed by atoms with Crippen molar-refractivity contribution < 1.29 is 24.2 Å². The van der Waals surface area contributed by atoms with Crippen molar-refractivity contribution in [2.45, 2.75) is 64.3 Å². The minimum Gasteiger partial charge on any atom is -0.394 e. The van der Waals surface area contributed by atoms with Gasteiger partial charge in [0.1, 0.15) is 11.6 Å². The summed E-state index contributed by atoms with van der Waals surface area (Å²) in [7, 11) is 1.70. The minimum atomic E-state index is -1.19. The second-order valence-corrected chi connectivity index (χ2v) is 11.9. The fourth-order valence-corrected chi connectivity index (χ4v) is 7.45. The van der Waals surface area contributed by atoms with E-state index in [0.717, 1.165) is 18.8 Å². The standard InChI is InChI=1S/C32H46N4O5/c1-9-17-33(8)28(38)25-26-29(39)36(22(6)20-37)27(32(26)19-21(5)31(25,7)41-32)30(40)35(18-10-2)24-15-13-23(14-16-24)34(11-3)12-4/h9-10,13-16,21-22,25-27,37H,1-2,11-12,17-20H2,3-8H3/t21?,22-,25+,26+,27?,31-,32?/m1/s1. The summed E-state index contributed by atoms with van der Waals surface area (Å²) in [6.07, 6.45) is 3.77. The number of likely N-dealkylation sites (N-methyl/N-ethyl adjacent to an activating group) is 1. The number of likely N-dealkylation sites (tertiary alicyclic amines) is 1. The van der Waals surface area contributed by atoms with Crippen LogP contribution in [0.3, 0.4) is 0 Å². The lowest BCUT2D eigenvalue weighted by atomic mass is 9.62. The van der Waals surface area contributed by atoms with Gasteiger partial charge < -0.3 is 29.4 Å². The molecule has 1 aromatic carbocycles. The zero-order valence-corrected chi connectivity index (χ0v) is 25.4. The monoisotopic (exact) mass is 566 g/mol. The second-order valence-electron chi connectivity index (χ2n) is 11.9. The van der Waals surface area contributed by atoms with Crippen LogP contribution in [0.4, 0.5) is 11.4 Å². The van der Waals surface area contributed by atoms with E-state index < -0.39 is 35.1 Å². The highest BCUT2D eigenvalue weighted by atomic mass is 16.5. The number of carbonyl (C=O) groups excluding carboxylic acids is 3. The smallest absolute Gasteiger partial charge is 0.253 e. The number of rotatable bonds is 12. The van der Waals surface area contributed by atoms with Gasteiger partial charge in [-0.15, -0.1) is 13.2 Å². The van der Waals surface area contributed by atoms with Gasteiger partial charge in [0.2, 0.25) is 11.8 Å². The molecule has 0 radical (unpaired) electrons. The molecule has 9 heteroatoms. The number of hydrogen-bond donors (Lipinski definition) is 1. The lowest BCUT2D eigenvalue weighted by molar-refractivity contribution is -0.152. The van der Waals surface area contributed by atoms with Crippen LogP contribution in [0.5, 0.6) is 0 Å². The average Bonchev–Trinajstić information content (AvgIpc) is 3.48. The quantitative estimate of drug-likeness (QED) is 0.391. The highest BCUT2D eigenvalue weighted by molar-refractivity contribution is 6.05. The number of carbonyl (C=O) groups is 3. The van der Waals surface area contributed by atoms with Crippen LogP contribution in [0, 0.1) is 17.8 Å². The van der Waals surface area contributed by atoms with Crippen molar-refractivity contribution in [3.05, 3.63) is 49.6 Å². The van der Waals surface area contributed by atoms with Crippen molar-refractivity contribution in [2.24, 2.45) is 17.8 Å². The zero-order valence-electron chi connectivity index (χ0n) is 25.4. The highest BCUT2D eigenvalue weighted by Crippen LogP contribution is 2.65. The molecule has 3 amide bonds. The van der Waals surface area contributed by atoms with Crippen LogP contribution in [-0.2, 0) is 19.1 Å². The number of amides is 3. The molecule has 3 aliphatic rings. The summed E-state index contributed by atoms with van der Waals surface area (Å²) in [5.74, 6) is -2.47. The molecule has 0 aromatic heterocycles. The summed E-state index contributed by atoms with van der Waals surface area (Å²) >= 11 is 0. The third-order valence-electron chi connectivity index (χ3n) is 9.64. The molecule has 4 rings (SSSR count). The number of fused-ring (bicyclic) bond motifs is 1. The first-order valence-corrected chi connectivity index (χ1v) is 14.7. The number of anilines is 2. The Morgan fingerprint density at radius 1 is 1.12 bits per heavy atom. The molecule has 0 saturated carbocycles. The third kappa shape index (κ3) is 4.67. The molecule has 2 bridgehead atoms. The van der Waals surface area contributed by atoms with E-state index in [1.165, 1.54) is 4.90 Å². The van der Waals surface area contributed by atoms with Crippen LogP contribution >= 0.6 is 0 Å². The first kappa shape index (κ1) is 30.8. The summed E-state index contributed by atoms with van der Waals surface area (Å²) < 4.78 is 6.82. The van der Waals surface area contributed by atoms with Crippen LogP contribution in [0.2, 0.25) is 0 Å². The molecule has 1 aromatic rings. The van der Waals surface area contributed by atoms with Gasteiger partial charge in [0.15, 0.2) is 0 Å². The Balaban J connectivity index is 1.81. The van der Waals surface area contributed by atoms with Gasteiger partial charge in [0, 0.05) is 44.6 Å². The topological polar surface area (TPSA) is 93.6 Å². The van der Waals surface area contributed by atoms with Gasteiger partial charge in [-0.25, -0.2) is 0 Å². The molecule has 7 atom stereocenters. The predicted octanol–water partition coefficient (Wildman–Crippen LogP) is 3.09. The zero-order chi connectivity index (χ0) is 30.3. The van der Waals surface area contributed by atoms with Gasteiger partial charge >= 0.3 is 0 Å². The SMILES string of the molecule is C=CCN(C)C(=O)[C@@H]1[C@H]2C(=O)N([C@H](C)CO)C(C(=O)N(CC=C)c3ccc(N(CC)CC)cc3)C23CC(C)[C@@]1(C)O3. The van der Waals surface area contributed by atoms with Crippen molar-refractivity contribution in [1.82, 2.24) is 9.80 Å². The summed E-state index contributed by atoms with van der Waals surface area (Å²) in [5.41, 5.74) is -0.365. The summed E-state index contributed by atoms with van der Waals surface area (Å²) in [4.78, 5) is 49.7. The fourth-order valence-electron chi connectivity index (χ4n) is 7.45. The molecular weight excluding hydrogens is 520 g/mol. The van der Waals surface area contributed by atoms with E-state index in [0.29, 0.717) is 18.7 Å². The Labute approximate surface area is 244 Å². The average molecular weight is 567 g/mol. The molecule has 3 heterocycles. The van der Waals surface area contributed by atoms with Crippen LogP contribution < -0.4 is 9.80 Å². The number of aliphatic hydroxyl groups excluding tert-OH is 1. The van der Waals surface area contributed by atoms with Gasteiger partial charge in [0.05, 0.1) is 30.1 Å². The molecule has 1 N–H and O–H groups in total. The Morgan fingerprint density at radius 3 is 2.24 bits per heavy atom. The van der Waals surface area contributed by atoms with Crippen LogP contribution in [0.25, 0.3) is 0 Å². The van der Waals surface area contributed by atoms with Gasteiger partial charge in [-0.1, -0.05) is 19.1 Å². The van der Waals surface area contributed by atoms with Gasteiger partial charge in [-0.05, 0) is 64.3 Å². The number of hydrogen-bond acceptors (Lipinski definition) is 6. The van der Waals surface area contributed by atoms with Gasteiger partial charge in [0.25, 0.3) is 5.91 Å². The van der Waals surface area contributed by atoms with Crippen molar-refractivity contribution >= 4 is 29.1 Å². The lowest BCUT2D eigenvalue weighted by Crippen LogP contribution is -2.58. The Hall–Kier alpha value is -3.17. The molecule has 224 valence electrons. The van der Waals surface area contributed by atoms with Crippen molar-refractivity contribution in [3.63, 3.8) is 0 Å². The maximum atomic E-state index is 14.7. The van der Waals surface area contributed by atoms with Crippen LogP contribution in [0.1, 0.15) is 41.0 Å². The van der Waals surface area contributed by atoms with Crippen LogP contribution in [0.15, 0.2) is 49.6 Å². The molecule has 3 fully saturated rings. The first-order chi connectivity index (χ1) is 19.5. The molecule has 41 heavy (non-hydrogen) atoms.